The van der Waals surface area contributed by atoms with E-state index < -0.39 is 30.6 Å². The molecule has 0 aliphatic carbocycles. The number of fused-ring (bicyclic) bond motifs is 1. The van der Waals surface area contributed by atoms with Crippen LogP contribution in [0.25, 0.3) is 11.0 Å². The lowest BCUT2D eigenvalue weighted by molar-refractivity contribution is -0.0948. The molecule has 11 nitrogen and oxygen atoms in total. The molecule has 1 aliphatic heterocycles. The summed E-state index contributed by atoms with van der Waals surface area (Å²) < 4.78 is 7.14. The zero-order chi connectivity index (χ0) is 19.2. The van der Waals surface area contributed by atoms with Crippen molar-refractivity contribution in [3.63, 3.8) is 0 Å². The van der Waals surface area contributed by atoms with Crippen molar-refractivity contribution >= 4 is 22.7 Å². The van der Waals surface area contributed by atoms with Gasteiger partial charge in [0.25, 0.3) is 0 Å². The van der Waals surface area contributed by atoms with E-state index in [1.165, 1.54) is 24.0 Å². The molecule has 3 rings (SSSR count). The summed E-state index contributed by atoms with van der Waals surface area (Å²) in [7, 11) is 3.56. The van der Waals surface area contributed by atoms with E-state index in [4.69, 9.17) is 15.7 Å². The molecule has 6 N–H and O–H groups in total. The Morgan fingerprint density at radius 3 is 2.69 bits per heavy atom. The molecule has 1 aliphatic rings. The Balaban J connectivity index is 2.27. The molecule has 1 fully saturated rings. The van der Waals surface area contributed by atoms with Gasteiger partial charge in [0.05, 0.1) is 17.6 Å². The summed E-state index contributed by atoms with van der Waals surface area (Å²) in [6.07, 6.45) is -0.476. The van der Waals surface area contributed by atoms with E-state index in [-0.39, 0.29) is 5.84 Å². The highest BCUT2D eigenvalue weighted by Crippen LogP contribution is 2.41. The number of hydrogen-bond donors (Lipinski definition) is 5. The van der Waals surface area contributed by atoms with Crippen molar-refractivity contribution in [3.05, 3.63) is 18.1 Å². The molecule has 0 radical (unpaired) electrons. The lowest BCUT2D eigenvalue weighted by Crippen LogP contribution is -2.44. The number of ether oxygens (including phenoxy) is 1. The smallest absolute Gasteiger partial charge is 0.172 e. The number of anilines is 1. The molecule has 26 heavy (non-hydrogen) atoms. The van der Waals surface area contributed by atoms with Crippen molar-refractivity contribution in [1.82, 2.24) is 14.5 Å². The second-order valence-electron chi connectivity index (χ2n) is 6.61. The first-order valence-corrected chi connectivity index (χ1v) is 7.91. The molecule has 2 aromatic rings. The number of aromatic nitrogens is 3. The average molecular weight is 366 g/mol. The minimum absolute atomic E-state index is 0.163. The van der Waals surface area contributed by atoms with Crippen LogP contribution in [0.4, 0.5) is 5.82 Å². The molecule has 142 valence electrons. The maximum Gasteiger partial charge on any atom is 0.172 e. The Morgan fingerprint density at radius 1 is 1.46 bits per heavy atom. The molecular formula is C15H22N6O5. The number of aliphatic hydroxyl groups is 3. The van der Waals surface area contributed by atoms with Crippen LogP contribution in [-0.2, 0) is 4.74 Å². The predicted molar refractivity (Wildman–Crippen MR) is 92.0 cm³/mol. The molecule has 0 saturated carbocycles. The standard InChI is InChI=1S/C15H22N6O5/c1-15(24)10(23)8(5-22)26-14(15)21-4-7(11(16)19-25)9-12(20(2)3)17-6-18-13(9)21/h4,6,8,10,14,22-25H,5H2,1-3H3,(H2,16,19)/t8-,10-,14?,15-/m1/s1. The van der Waals surface area contributed by atoms with E-state index in [0.29, 0.717) is 22.4 Å². The fourth-order valence-electron chi connectivity index (χ4n) is 3.22. The highest BCUT2D eigenvalue weighted by Gasteiger charge is 2.53. The van der Waals surface area contributed by atoms with Gasteiger partial charge >= 0.3 is 0 Å². The molecule has 0 amide bonds. The highest BCUT2D eigenvalue weighted by molar-refractivity contribution is 6.11. The van der Waals surface area contributed by atoms with Crippen molar-refractivity contribution in [2.75, 3.05) is 25.6 Å². The Morgan fingerprint density at radius 2 is 2.15 bits per heavy atom. The SMILES string of the molecule is CN(C)c1ncnc2c1c(/C(N)=N\O)cn2C1O[C@H](CO)[C@@H](O)[C@@]1(C)O. The quantitative estimate of drug-likeness (QED) is 0.189. The minimum Gasteiger partial charge on any atom is -0.409 e. The molecule has 1 saturated heterocycles. The summed E-state index contributed by atoms with van der Waals surface area (Å²) in [6, 6.07) is 0. The van der Waals surface area contributed by atoms with Crippen LogP contribution in [0.3, 0.4) is 0 Å². The van der Waals surface area contributed by atoms with Crippen LogP contribution in [0.15, 0.2) is 17.7 Å². The van der Waals surface area contributed by atoms with Gasteiger partial charge in [-0.15, -0.1) is 0 Å². The molecule has 0 spiro atoms. The van der Waals surface area contributed by atoms with Gasteiger partial charge in [-0.25, -0.2) is 9.97 Å². The van der Waals surface area contributed by atoms with Crippen LogP contribution in [-0.4, -0.2) is 79.4 Å². The zero-order valence-electron chi connectivity index (χ0n) is 14.6. The fraction of sp³-hybridized carbons (Fsp3) is 0.533. The molecule has 11 heteroatoms. The number of nitrogens with zero attached hydrogens (tertiary/aromatic N) is 5. The van der Waals surface area contributed by atoms with Crippen molar-refractivity contribution < 1.29 is 25.3 Å². The number of amidine groups is 1. The Kier molecular flexibility index (Phi) is 4.48. The number of aliphatic hydroxyl groups excluding tert-OH is 2. The molecule has 4 atom stereocenters. The first-order chi connectivity index (χ1) is 12.2. The molecule has 1 unspecified atom stereocenters. The van der Waals surface area contributed by atoms with Crippen LogP contribution in [0.1, 0.15) is 18.7 Å². The third-order valence-corrected chi connectivity index (χ3v) is 4.58. The van der Waals surface area contributed by atoms with Crippen molar-refractivity contribution in [1.29, 1.82) is 0 Å². The molecule has 0 bridgehead atoms. The lowest BCUT2D eigenvalue weighted by atomic mass is 9.96. The van der Waals surface area contributed by atoms with Crippen molar-refractivity contribution in [3.8, 4) is 0 Å². The highest BCUT2D eigenvalue weighted by atomic mass is 16.6. The van der Waals surface area contributed by atoms with Crippen molar-refractivity contribution in [2.45, 2.75) is 31.0 Å². The van der Waals surface area contributed by atoms with E-state index in [1.807, 2.05) is 0 Å². The largest absolute Gasteiger partial charge is 0.409 e. The van der Waals surface area contributed by atoms with Gasteiger partial charge < -0.3 is 40.5 Å². The van der Waals surface area contributed by atoms with Gasteiger partial charge in [0.2, 0.25) is 0 Å². The van der Waals surface area contributed by atoms with E-state index >= 15 is 0 Å². The molecular weight excluding hydrogens is 344 g/mol. The summed E-state index contributed by atoms with van der Waals surface area (Å²) in [5.41, 5.74) is 4.81. The van der Waals surface area contributed by atoms with Crippen LogP contribution in [0.5, 0.6) is 0 Å². The van der Waals surface area contributed by atoms with E-state index in [1.54, 1.807) is 19.0 Å². The first-order valence-electron chi connectivity index (χ1n) is 7.91. The van der Waals surface area contributed by atoms with Gasteiger partial charge in [-0.1, -0.05) is 5.16 Å². The minimum atomic E-state index is -1.70. The second kappa shape index (κ2) is 6.36. The second-order valence-corrected chi connectivity index (χ2v) is 6.61. The maximum atomic E-state index is 10.7. The summed E-state index contributed by atoms with van der Waals surface area (Å²) in [4.78, 5) is 10.2. The number of rotatable bonds is 4. The topological polar surface area (TPSA) is 162 Å². The van der Waals surface area contributed by atoms with Crippen LogP contribution < -0.4 is 10.6 Å². The van der Waals surface area contributed by atoms with E-state index in [2.05, 4.69) is 15.1 Å². The van der Waals surface area contributed by atoms with Crippen LogP contribution in [0, 0.1) is 0 Å². The fourth-order valence-corrected chi connectivity index (χ4v) is 3.22. The number of oxime groups is 1. The Hall–Kier alpha value is -2.47. The summed E-state index contributed by atoms with van der Waals surface area (Å²) >= 11 is 0. The molecule has 0 aromatic carbocycles. The van der Waals surface area contributed by atoms with Crippen LogP contribution >= 0.6 is 0 Å². The average Bonchev–Trinajstić information content (AvgIpc) is 3.10. The van der Waals surface area contributed by atoms with Gasteiger partial charge in [-0.2, -0.15) is 0 Å². The predicted octanol–water partition coefficient (Wildman–Crippen LogP) is -1.41. The van der Waals surface area contributed by atoms with E-state index in [9.17, 15) is 15.3 Å². The van der Waals surface area contributed by atoms with Gasteiger partial charge in [-0.3, -0.25) is 0 Å². The third kappa shape index (κ3) is 2.56. The van der Waals surface area contributed by atoms with Crippen LogP contribution in [0.2, 0.25) is 0 Å². The molecule has 2 aromatic heterocycles. The molecule has 3 heterocycles. The van der Waals surface area contributed by atoms with Gasteiger partial charge in [-0.05, 0) is 6.92 Å². The van der Waals surface area contributed by atoms with Gasteiger partial charge in [0.1, 0.15) is 35.6 Å². The number of nitrogens with two attached hydrogens (primary N) is 1. The first kappa shape index (κ1) is 18.3. The number of hydrogen-bond acceptors (Lipinski definition) is 9. The maximum absolute atomic E-state index is 10.7. The third-order valence-electron chi connectivity index (χ3n) is 4.58. The van der Waals surface area contributed by atoms with Gasteiger partial charge in [0.15, 0.2) is 12.1 Å². The summed E-state index contributed by atoms with van der Waals surface area (Å²) in [5.74, 6) is 0.357. The summed E-state index contributed by atoms with van der Waals surface area (Å²) in [6.45, 7) is 0.944. The summed E-state index contributed by atoms with van der Waals surface area (Å²) in [5, 5.41) is 43.0. The van der Waals surface area contributed by atoms with E-state index in [0.717, 1.165) is 0 Å². The Labute approximate surface area is 148 Å². The normalized spacial score (nSPS) is 29.5. The monoisotopic (exact) mass is 366 g/mol. The van der Waals surface area contributed by atoms with Crippen molar-refractivity contribution in [2.24, 2.45) is 10.9 Å². The lowest BCUT2D eigenvalue weighted by Gasteiger charge is -2.27. The zero-order valence-corrected chi connectivity index (χ0v) is 14.6. The Bertz CT molecular complexity index is 848. The van der Waals surface area contributed by atoms with Gasteiger partial charge in [0, 0.05) is 20.3 Å².